The van der Waals surface area contributed by atoms with E-state index in [-0.39, 0.29) is 5.69 Å². The SMILES string of the molecule is CC(S)C(=O)O.O=[N+]([O-])c1ccc(-c2ccc(-c3cnco3)cc2)cc1. The number of nitro groups is 1. The second kappa shape index (κ2) is 8.82. The Bertz CT molecular complexity index is 860. The number of aliphatic carboxylic acids is 1. The average Bonchev–Trinajstić information content (AvgIpc) is 3.17. The van der Waals surface area contributed by atoms with Gasteiger partial charge in [-0.25, -0.2) is 4.98 Å². The van der Waals surface area contributed by atoms with Gasteiger partial charge in [-0.05, 0) is 30.2 Å². The number of carboxylic acid groups (broad SMARTS) is 1. The van der Waals surface area contributed by atoms with Crippen molar-refractivity contribution in [3.63, 3.8) is 0 Å². The number of thiol groups is 1. The maximum Gasteiger partial charge on any atom is 0.316 e. The molecule has 0 amide bonds. The number of benzene rings is 2. The molecule has 7 nitrogen and oxygen atoms in total. The lowest BCUT2D eigenvalue weighted by Crippen LogP contribution is -2.06. The van der Waals surface area contributed by atoms with Crippen molar-refractivity contribution >= 4 is 24.3 Å². The predicted molar refractivity (Wildman–Crippen MR) is 100 cm³/mol. The van der Waals surface area contributed by atoms with Gasteiger partial charge in [-0.1, -0.05) is 24.3 Å². The summed E-state index contributed by atoms with van der Waals surface area (Å²) in [5, 5.41) is 18.0. The molecule has 3 aromatic rings. The zero-order chi connectivity index (χ0) is 19.1. The van der Waals surface area contributed by atoms with Gasteiger partial charge in [-0.3, -0.25) is 14.9 Å². The Labute approximate surface area is 154 Å². The van der Waals surface area contributed by atoms with Crippen LogP contribution in [0, 0.1) is 10.1 Å². The van der Waals surface area contributed by atoms with E-state index in [0.29, 0.717) is 5.76 Å². The van der Waals surface area contributed by atoms with Crippen molar-refractivity contribution in [2.24, 2.45) is 0 Å². The van der Waals surface area contributed by atoms with Crippen LogP contribution in [0.15, 0.2) is 65.5 Å². The fraction of sp³-hybridized carbons (Fsp3) is 0.111. The molecule has 1 aromatic heterocycles. The maximum absolute atomic E-state index is 10.6. The fourth-order valence-electron chi connectivity index (χ4n) is 1.96. The molecule has 0 fully saturated rings. The molecular formula is C18H16N2O5S. The van der Waals surface area contributed by atoms with Crippen molar-refractivity contribution < 1.29 is 19.2 Å². The van der Waals surface area contributed by atoms with Gasteiger partial charge >= 0.3 is 5.97 Å². The molecule has 0 saturated carbocycles. The third-order valence-corrected chi connectivity index (χ3v) is 3.59. The summed E-state index contributed by atoms with van der Waals surface area (Å²) in [7, 11) is 0. The first kappa shape index (κ1) is 19.2. The molecule has 0 aliphatic heterocycles. The molecule has 0 spiro atoms. The van der Waals surface area contributed by atoms with Crippen LogP contribution in [0.1, 0.15) is 6.92 Å². The number of hydrogen-bond acceptors (Lipinski definition) is 6. The van der Waals surface area contributed by atoms with E-state index in [2.05, 4.69) is 17.6 Å². The van der Waals surface area contributed by atoms with Gasteiger partial charge < -0.3 is 9.52 Å². The molecular weight excluding hydrogens is 356 g/mol. The van der Waals surface area contributed by atoms with E-state index in [4.69, 9.17) is 9.52 Å². The predicted octanol–water partition coefficient (Wildman–Crippen LogP) is 4.31. The number of non-ortho nitro benzene ring substituents is 1. The van der Waals surface area contributed by atoms with Crippen LogP contribution in [0.25, 0.3) is 22.5 Å². The van der Waals surface area contributed by atoms with Gasteiger partial charge in [-0.2, -0.15) is 12.6 Å². The number of nitro benzene ring substituents is 1. The smallest absolute Gasteiger partial charge is 0.316 e. The third kappa shape index (κ3) is 5.18. The van der Waals surface area contributed by atoms with E-state index in [1.165, 1.54) is 25.5 Å². The molecule has 0 bridgehead atoms. The molecule has 2 aromatic carbocycles. The molecule has 26 heavy (non-hydrogen) atoms. The average molecular weight is 372 g/mol. The van der Waals surface area contributed by atoms with E-state index < -0.39 is 16.1 Å². The molecule has 0 saturated heterocycles. The van der Waals surface area contributed by atoms with Gasteiger partial charge in [0.1, 0.15) is 0 Å². The summed E-state index contributed by atoms with van der Waals surface area (Å²) in [5.74, 6) is -0.168. The lowest BCUT2D eigenvalue weighted by atomic mass is 10.0. The summed E-state index contributed by atoms with van der Waals surface area (Å²) in [4.78, 5) is 23.7. The highest BCUT2D eigenvalue weighted by molar-refractivity contribution is 7.81. The highest BCUT2D eigenvalue weighted by Gasteiger charge is 2.06. The summed E-state index contributed by atoms with van der Waals surface area (Å²) >= 11 is 3.59. The quantitative estimate of drug-likeness (QED) is 0.402. The minimum atomic E-state index is -0.877. The number of nitrogens with zero attached hydrogens (tertiary/aromatic N) is 2. The summed E-state index contributed by atoms with van der Waals surface area (Å²) < 4.78 is 5.22. The van der Waals surface area contributed by atoms with Crippen molar-refractivity contribution in [2.75, 3.05) is 0 Å². The van der Waals surface area contributed by atoms with Crippen LogP contribution in [-0.4, -0.2) is 26.2 Å². The first-order valence-electron chi connectivity index (χ1n) is 7.53. The van der Waals surface area contributed by atoms with Gasteiger partial charge in [-0.15, -0.1) is 0 Å². The highest BCUT2D eigenvalue weighted by Crippen LogP contribution is 2.25. The highest BCUT2D eigenvalue weighted by atomic mass is 32.1. The van der Waals surface area contributed by atoms with Gasteiger partial charge in [0, 0.05) is 17.7 Å². The lowest BCUT2D eigenvalue weighted by molar-refractivity contribution is -0.384. The van der Waals surface area contributed by atoms with E-state index >= 15 is 0 Å². The number of carbonyl (C=O) groups is 1. The summed E-state index contributed by atoms with van der Waals surface area (Å²) in [6.45, 7) is 1.51. The van der Waals surface area contributed by atoms with Crippen molar-refractivity contribution in [3.8, 4) is 22.5 Å². The summed E-state index contributed by atoms with van der Waals surface area (Å²) in [6.07, 6.45) is 3.04. The Morgan fingerprint density at radius 1 is 1.12 bits per heavy atom. The Morgan fingerprint density at radius 3 is 1.96 bits per heavy atom. The second-order valence-electron chi connectivity index (χ2n) is 5.26. The van der Waals surface area contributed by atoms with Crippen LogP contribution in [0.4, 0.5) is 5.69 Å². The van der Waals surface area contributed by atoms with Crippen molar-refractivity contribution in [2.45, 2.75) is 12.2 Å². The van der Waals surface area contributed by atoms with Crippen molar-refractivity contribution in [1.29, 1.82) is 0 Å². The third-order valence-electron chi connectivity index (χ3n) is 3.37. The van der Waals surface area contributed by atoms with Crippen molar-refractivity contribution in [3.05, 3.63) is 71.2 Å². The Balaban J connectivity index is 0.000000352. The number of hydrogen-bond donors (Lipinski definition) is 2. The Kier molecular flexibility index (Phi) is 6.51. The second-order valence-corrected chi connectivity index (χ2v) is 6.04. The van der Waals surface area contributed by atoms with Gasteiger partial charge in [0.05, 0.1) is 16.4 Å². The molecule has 1 N–H and O–H groups in total. The normalized spacial score (nSPS) is 11.2. The summed E-state index contributed by atoms with van der Waals surface area (Å²) in [5.41, 5.74) is 2.95. The van der Waals surface area contributed by atoms with Gasteiger partial charge in [0.2, 0.25) is 0 Å². The van der Waals surface area contributed by atoms with Crippen LogP contribution in [0.2, 0.25) is 0 Å². The number of rotatable bonds is 4. The van der Waals surface area contributed by atoms with Crippen LogP contribution >= 0.6 is 12.6 Å². The molecule has 3 rings (SSSR count). The van der Waals surface area contributed by atoms with E-state index in [0.717, 1.165) is 16.7 Å². The minimum Gasteiger partial charge on any atom is -0.480 e. The van der Waals surface area contributed by atoms with Crippen LogP contribution in [-0.2, 0) is 4.79 Å². The zero-order valence-corrected chi connectivity index (χ0v) is 14.7. The number of carboxylic acids is 1. The number of aromatic nitrogens is 1. The zero-order valence-electron chi connectivity index (χ0n) is 13.8. The molecule has 1 heterocycles. The molecule has 0 radical (unpaired) electrons. The van der Waals surface area contributed by atoms with Crippen LogP contribution in [0.5, 0.6) is 0 Å². The Hall–Kier alpha value is -3.13. The summed E-state index contributed by atoms with van der Waals surface area (Å²) in [6, 6.07) is 14.2. The van der Waals surface area contributed by atoms with Crippen molar-refractivity contribution in [1.82, 2.24) is 4.98 Å². The Morgan fingerprint density at radius 2 is 1.58 bits per heavy atom. The van der Waals surface area contributed by atoms with Crippen LogP contribution in [0.3, 0.4) is 0 Å². The maximum atomic E-state index is 10.6. The molecule has 1 unspecified atom stereocenters. The van der Waals surface area contributed by atoms with Crippen LogP contribution < -0.4 is 0 Å². The lowest BCUT2D eigenvalue weighted by Gasteiger charge is -2.02. The topological polar surface area (TPSA) is 106 Å². The molecule has 134 valence electrons. The molecule has 0 aliphatic carbocycles. The molecule has 0 aliphatic rings. The van der Waals surface area contributed by atoms with E-state index in [1.54, 1.807) is 18.3 Å². The fourth-order valence-corrected chi connectivity index (χ4v) is 1.96. The monoisotopic (exact) mass is 372 g/mol. The molecule has 1 atom stereocenters. The standard InChI is InChI=1S/C15H10N2O3.C3H6O2S/c18-17(19)14-7-5-12(6-8-14)11-1-3-13(4-2-11)15-9-16-10-20-15;1-2(6)3(4)5/h1-10H;2,6H,1H3,(H,4,5). The first-order valence-corrected chi connectivity index (χ1v) is 8.04. The number of oxazole rings is 1. The minimum absolute atomic E-state index is 0.0898. The van der Waals surface area contributed by atoms with E-state index in [9.17, 15) is 14.9 Å². The van der Waals surface area contributed by atoms with Gasteiger partial charge in [0.15, 0.2) is 12.2 Å². The molecule has 8 heteroatoms. The first-order chi connectivity index (χ1) is 12.4. The van der Waals surface area contributed by atoms with Gasteiger partial charge in [0.25, 0.3) is 5.69 Å². The largest absolute Gasteiger partial charge is 0.480 e. The van der Waals surface area contributed by atoms with E-state index in [1.807, 2.05) is 24.3 Å².